The molecule has 1 saturated carbocycles. The zero-order chi connectivity index (χ0) is 14.4. The first-order chi connectivity index (χ1) is 8.57. The molecule has 1 aliphatic carbocycles. The van der Waals surface area contributed by atoms with E-state index in [9.17, 15) is 13.2 Å². The monoisotopic (exact) mass is 235 g/mol. The van der Waals surface area contributed by atoms with E-state index in [0.717, 1.165) is 6.07 Å². The third-order valence-corrected chi connectivity index (χ3v) is 2.57. The van der Waals surface area contributed by atoms with Crippen LogP contribution >= 0.6 is 0 Å². The molecule has 0 bridgehead atoms. The molecule has 1 aromatic heterocycles. The first kappa shape index (κ1) is 7.76. The highest BCUT2D eigenvalue weighted by Gasteiger charge is 2.47. The molecule has 0 aliphatic heterocycles. The van der Waals surface area contributed by atoms with Gasteiger partial charge < -0.3 is 10.5 Å². The zero-order valence-corrected chi connectivity index (χ0v) is 8.14. The molecule has 0 amide bonds. The van der Waals surface area contributed by atoms with E-state index in [4.69, 9.17) is 9.85 Å². The van der Waals surface area contributed by atoms with Crippen LogP contribution in [0.2, 0.25) is 0 Å². The number of ether oxygens (including phenoxy) is 1. The molecule has 0 radical (unpaired) electrons. The first-order valence-corrected chi connectivity index (χ1v) is 4.60. The van der Waals surface area contributed by atoms with E-state index in [1.54, 1.807) is 0 Å². The Morgan fingerprint density at radius 2 is 2.31 bits per heavy atom. The molecular weight excluding hydrogens is 221 g/mol. The van der Waals surface area contributed by atoms with E-state index in [2.05, 4.69) is 9.72 Å². The molecule has 1 fully saturated rings. The number of hydrogen-bond donors (Lipinski definition) is 1. The summed E-state index contributed by atoms with van der Waals surface area (Å²) in [6.45, 7) is 0. The molecule has 1 aliphatic rings. The minimum Gasteiger partial charge on any atom is -0.480 e. The Morgan fingerprint density at radius 1 is 1.62 bits per heavy atom. The van der Waals surface area contributed by atoms with Crippen LogP contribution in [0.5, 0.6) is 5.88 Å². The number of methoxy groups -OCH3 is 1. The summed E-state index contributed by atoms with van der Waals surface area (Å²) >= 11 is 0. The fourth-order valence-electron chi connectivity index (χ4n) is 1.72. The van der Waals surface area contributed by atoms with Crippen LogP contribution in [0.3, 0.4) is 0 Å². The minimum atomic E-state index is -2.83. The third-order valence-electron chi connectivity index (χ3n) is 2.57. The van der Waals surface area contributed by atoms with Crippen LogP contribution in [-0.4, -0.2) is 17.9 Å². The standard InChI is InChI=1S/C10H11F3N2O/c1-16-9-7(14)2-6(11)8(15-9)5-3-10(12,13)4-5/h2,5H,3-4,14H2,1H3/i1D3. The summed E-state index contributed by atoms with van der Waals surface area (Å²) in [7, 11) is -2.79. The van der Waals surface area contributed by atoms with Gasteiger partial charge in [-0.15, -0.1) is 0 Å². The van der Waals surface area contributed by atoms with Crippen LogP contribution in [0.4, 0.5) is 18.9 Å². The van der Waals surface area contributed by atoms with Gasteiger partial charge in [0.2, 0.25) is 11.8 Å². The largest absolute Gasteiger partial charge is 0.480 e. The van der Waals surface area contributed by atoms with Gasteiger partial charge in [-0.05, 0) is 0 Å². The van der Waals surface area contributed by atoms with Crippen molar-refractivity contribution in [3.63, 3.8) is 0 Å². The van der Waals surface area contributed by atoms with Gasteiger partial charge in [-0.3, -0.25) is 0 Å². The predicted molar refractivity (Wildman–Crippen MR) is 52.1 cm³/mol. The summed E-state index contributed by atoms with van der Waals surface area (Å²) in [6, 6.07) is 0.833. The van der Waals surface area contributed by atoms with E-state index < -0.39 is 43.4 Å². The van der Waals surface area contributed by atoms with Crippen LogP contribution in [0, 0.1) is 5.82 Å². The quantitative estimate of drug-likeness (QED) is 0.855. The first-order valence-electron chi connectivity index (χ1n) is 6.10. The molecule has 0 atom stereocenters. The number of alkyl halides is 2. The minimum absolute atomic E-state index is 0.237. The second-order valence-electron chi connectivity index (χ2n) is 3.81. The van der Waals surface area contributed by atoms with Gasteiger partial charge in [-0.25, -0.2) is 18.2 Å². The molecule has 1 heterocycles. The number of hydrogen-bond acceptors (Lipinski definition) is 3. The van der Waals surface area contributed by atoms with Crippen LogP contribution in [0.25, 0.3) is 0 Å². The van der Waals surface area contributed by atoms with Crippen molar-refractivity contribution >= 4 is 5.69 Å². The fraction of sp³-hybridized carbons (Fsp3) is 0.500. The van der Waals surface area contributed by atoms with Gasteiger partial charge in [0.05, 0.1) is 22.5 Å². The van der Waals surface area contributed by atoms with Gasteiger partial charge in [0, 0.05) is 24.8 Å². The van der Waals surface area contributed by atoms with Crippen LogP contribution in [-0.2, 0) is 0 Å². The molecule has 6 heteroatoms. The van der Waals surface area contributed by atoms with Crippen molar-refractivity contribution in [3.05, 3.63) is 17.6 Å². The lowest BCUT2D eigenvalue weighted by atomic mass is 9.79. The highest BCUT2D eigenvalue weighted by Crippen LogP contribution is 2.48. The molecule has 1 aromatic rings. The Hall–Kier alpha value is -1.46. The van der Waals surface area contributed by atoms with Crippen molar-refractivity contribution < 1.29 is 22.0 Å². The van der Waals surface area contributed by atoms with E-state index in [1.807, 2.05) is 0 Å². The maximum atomic E-state index is 13.6. The second kappa shape index (κ2) is 3.54. The Kier molecular flexibility index (Phi) is 1.71. The lowest BCUT2D eigenvalue weighted by Gasteiger charge is -2.34. The number of nitrogens with two attached hydrogens (primary N) is 1. The van der Waals surface area contributed by atoms with E-state index >= 15 is 0 Å². The molecular formula is C10H11F3N2O. The van der Waals surface area contributed by atoms with Gasteiger partial charge in [0.1, 0.15) is 5.82 Å². The van der Waals surface area contributed by atoms with Gasteiger partial charge in [-0.2, -0.15) is 0 Å². The highest BCUT2D eigenvalue weighted by molar-refractivity contribution is 5.49. The number of anilines is 1. The molecule has 16 heavy (non-hydrogen) atoms. The summed E-state index contributed by atoms with van der Waals surface area (Å²) < 4.78 is 64.4. The second-order valence-corrected chi connectivity index (χ2v) is 3.81. The summed E-state index contributed by atoms with van der Waals surface area (Å²) in [5.74, 6) is -4.89. The third kappa shape index (κ3) is 1.79. The van der Waals surface area contributed by atoms with Crippen LogP contribution in [0.1, 0.15) is 28.6 Å². The molecule has 3 nitrogen and oxygen atoms in total. The van der Waals surface area contributed by atoms with Crippen LogP contribution < -0.4 is 10.5 Å². The Balaban J connectivity index is 2.27. The van der Waals surface area contributed by atoms with Gasteiger partial charge in [-0.1, -0.05) is 0 Å². The summed E-state index contributed by atoms with van der Waals surface area (Å²) in [5, 5.41) is 0. The van der Waals surface area contributed by atoms with E-state index in [1.165, 1.54) is 0 Å². The summed E-state index contributed by atoms with van der Waals surface area (Å²) in [6.07, 6.45) is -1.04. The smallest absolute Gasteiger partial charge is 0.249 e. The Morgan fingerprint density at radius 3 is 2.88 bits per heavy atom. The van der Waals surface area contributed by atoms with Crippen molar-refractivity contribution in [2.75, 3.05) is 12.8 Å². The average molecular weight is 235 g/mol. The number of pyridine rings is 1. The van der Waals surface area contributed by atoms with Gasteiger partial charge >= 0.3 is 0 Å². The van der Waals surface area contributed by atoms with E-state index in [-0.39, 0.29) is 11.4 Å². The van der Waals surface area contributed by atoms with E-state index in [0.29, 0.717) is 0 Å². The van der Waals surface area contributed by atoms with Gasteiger partial charge in [0.25, 0.3) is 0 Å². The number of nitrogens with zero attached hydrogens (tertiary/aromatic N) is 1. The topological polar surface area (TPSA) is 48.1 Å². The Labute approximate surface area is 94.6 Å². The van der Waals surface area contributed by atoms with Crippen molar-refractivity contribution in [1.82, 2.24) is 4.98 Å². The summed E-state index contributed by atoms with van der Waals surface area (Å²) in [4.78, 5) is 3.63. The maximum Gasteiger partial charge on any atom is 0.249 e. The number of rotatable bonds is 2. The summed E-state index contributed by atoms with van der Waals surface area (Å²) in [5.41, 5.74) is 4.86. The molecule has 2 rings (SSSR count). The molecule has 0 unspecified atom stereocenters. The lowest BCUT2D eigenvalue weighted by molar-refractivity contribution is -0.0883. The average Bonchev–Trinajstić information content (AvgIpc) is 2.16. The normalized spacial score (nSPS) is 22.8. The van der Waals surface area contributed by atoms with Crippen molar-refractivity contribution in [2.24, 2.45) is 0 Å². The number of aromatic nitrogens is 1. The SMILES string of the molecule is [2H]C([2H])([2H])Oc1nc(C2CC(F)(F)C2)c(F)cc1N. The molecule has 0 aromatic carbocycles. The molecule has 88 valence electrons. The van der Waals surface area contributed by atoms with Crippen LogP contribution in [0.15, 0.2) is 6.07 Å². The Bertz CT molecular complexity index is 500. The predicted octanol–water partition coefficient (Wildman–Crippen LogP) is 2.32. The van der Waals surface area contributed by atoms with Gasteiger partial charge in [0.15, 0.2) is 0 Å². The maximum absolute atomic E-state index is 13.6. The van der Waals surface area contributed by atoms with Crippen molar-refractivity contribution in [3.8, 4) is 5.88 Å². The number of nitrogen functional groups attached to an aromatic ring is 1. The van der Waals surface area contributed by atoms with Crippen molar-refractivity contribution in [2.45, 2.75) is 24.7 Å². The lowest BCUT2D eigenvalue weighted by Crippen LogP contribution is -2.34. The van der Waals surface area contributed by atoms with Crippen molar-refractivity contribution in [1.29, 1.82) is 0 Å². The molecule has 0 saturated heterocycles. The highest BCUT2D eigenvalue weighted by atomic mass is 19.3. The zero-order valence-electron chi connectivity index (χ0n) is 11.1. The molecule has 2 N–H and O–H groups in total. The number of halogens is 3. The molecule has 0 spiro atoms. The fourth-order valence-corrected chi connectivity index (χ4v) is 1.72.